The first-order valence-corrected chi connectivity index (χ1v) is 8.22. The molecule has 3 N–H and O–H groups in total. The lowest BCUT2D eigenvalue weighted by molar-refractivity contribution is 0.516. The SMILES string of the molecule is CCCCC(CN)NS(=O)(=O)c1cc(C#N)ccc1Cl. The Balaban J connectivity index is 3.01. The van der Waals surface area contributed by atoms with Crippen LogP contribution in [-0.2, 0) is 10.0 Å². The van der Waals surface area contributed by atoms with E-state index in [1.54, 1.807) is 0 Å². The molecule has 0 aliphatic heterocycles. The van der Waals surface area contributed by atoms with Crippen LogP contribution in [0, 0.1) is 11.3 Å². The third kappa shape index (κ3) is 4.46. The molecule has 0 aliphatic rings. The van der Waals surface area contributed by atoms with Crippen LogP contribution in [0.4, 0.5) is 0 Å². The summed E-state index contributed by atoms with van der Waals surface area (Å²) < 4.78 is 27.1. The number of nitrogens with zero attached hydrogens (tertiary/aromatic N) is 1. The van der Waals surface area contributed by atoms with Gasteiger partial charge in [-0.05, 0) is 24.6 Å². The summed E-state index contributed by atoms with van der Waals surface area (Å²) in [5.41, 5.74) is 5.82. The highest BCUT2D eigenvalue weighted by Crippen LogP contribution is 2.22. The fraction of sp³-hybridized carbons (Fsp3) is 0.462. The maximum atomic E-state index is 12.3. The molecule has 1 atom stereocenters. The van der Waals surface area contributed by atoms with Crippen molar-refractivity contribution >= 4 is 21.6 Å². The highest BCUT2D eigenvalue weighted by Gasteiger charge is 2.22. The van der Waals surface area contributed by atoms with Crippen LogP contribution in [0.5, 0.6) is 0 Å². The number of benzene rings is 1. The summed E-state index contributed by atoms with van der Waals surface area (Å²) in [6.45, 7) is 2.24. The minimum absolute atomic E-state index is 0.0859. The Morgan fingerprint density at radius 2 is 2.20 bits per heavy atom. The van der Waals surface area contributed by atoms with Gasteiger partial charge < -0.3 is 5.73 Å². The molecule has 0 amide bonds. The Bertz CT molecular complexity index is 596. The predicted octanol–water partition coefficient (Wildman–Crippen LogP) is 2.01. The summed E-state index contributed by atoms with van der Waals surface area (Å²) in [5, 5.41) is 8.92. The Morgan fingerprint density at radius 3 is 2.75 bits per heavy atom. The first kappa shape index (κ1) is 16.9. The molecule has 20 heavy (non-hydrogen) atoms. The number of nitrogens with one attached hydrogen (secondary N) is 1. The van der Waals surface area contributed by atoms with Gasteiger partial charge >= 0.3 is 0 Å². The van der Waals surface area contributed by atoms with Crippen molar-refractivity contribution in [3.63, 3.8) is 0 Å². The van der Waals surface area contributed by atoms with Gasteiger partial charge in [0.25, 0.3) is 0 Å². The summed E-state index contributed by atoms with van der Waals surface area (Å²) in [6, 6.07) is 5.70. The Hall–Kier alpha value is -1.13. The fourth-order valence-corrected chi connectivity index (χ4v) is 3.55. The number of unbranched alkanes of at least 4 members (excludes halogenated alkanes) is 1. The zero-order valence-corrected chi connectivity index (χ0v) is 12.8. The molecule has 0 aliphatic carbocycles. The third-order valence-corrected chi connectivity index (χ3v) is 4.86. The van der Waals surface area contributed by atoms with E-state index < -0.39 is 10.0 Å². The zero-order valence-electron chi connectivity index (χ0n) is 11.3. The molecule has 1 aromatic carbocycles. The van der Waals surface area contributed by atoms with Gasteiger partial charge in [0.15, 0.2) is 0 Å². The maximum Gasteiger partial charge on any atom is 0.242 e. The van der Waals surface area contributed by atoms with Gasteiger partial charge in [0.1, 0.15) is 4.90 Å². The highest BCUT2D eigenvalue weighted by molar-refractivity contribution is 7.89. The third-order valence-electron chi connectivity index (χ3n) is 2.86. The Kier molecular flexibility index (Phi) is 6.43. The van der Waals surface area contributed by atoms with E-state index in [1.807, 2.05) is 13.0 Å². The second kappa shape index (κ2) is 7.60. The number of halogens is 1. The van der Waals surface area contributed by atoms with Crippen molar-refractivity contribution in [3.05, 3.63) is 28.8 Å². The van der Waals surface area contributed by atoms with Crippen molar-refractivity contribution in [2.45, 2.75) is 37.1 Å². The molecule has 1 rings (SSSR count). The molecule has 110 valence electrons. The summed E-state index contributed by atoms with van der Waals surface area (Å²) in [4.78, 5) is -0.0897. The molecule has 0 aromatic heterocycles. The normalized spacial score (nSPS) is 12.9. The lowest BCUT2D eigenvalue weighted by Crippen LogP contribution is -2.40. The molecule has 0 bridgehead atoms. The van der Waals surface area contributed by atoms with E-state index in [-0.39, 0.29) is 28.1 Å². The van der Waals surface area contributed by atoms with Gasteiger partial charge in [-0.1, -0.05) is 31.4 Å². The average Bonchev–Trinajstić information content (AvgIpc) is 2.43. The van der Waals surface area contributed by atoms with E-state index in [2.05, 4.69) is 4.72 Å². The standard InChI is InChI=1S/C13H18ClN3O2S/c1-2-3-4-11(9-16)17-20(18,19)13-7-10(8-15)5-6-12(13)14/h5-7,11,17H,2-4,9,16H2,1H3. The molecule has 0 heterocycles. The largest absolute Gasteiger partial charge is 0.329 e. The molecule has 1 unspecified atom stereocenters. The lowest BCUT2D eigenvalue weighted by atomic mass is 10.1. The first-order valence-electron chi connectivity index (χ1n) is 6.36. The van der Waals surface area contributed by atoms with Crippen molar-refractivity contribution in [2.24, 2.45) is 5.73 Å². The fourth-order valence-electron chi connectivity index (χ4n) is 1.74. The summed E-state index contributed by atoms with van der Waals surface area (Å²) in [6.07, 6.45) is 2.51. The topological polar surface area (TPSA) is 96.0 Å². The molecule has 0 fully saturated rings. The second-order valence-corrected chi connectivity index (χ2v) is 6.54. The summed E-state index contributed by atoms with van der Waals surface area (Å²) in [5.74, 6) is 0. The minimum Gasteiger partial charge on any atom is -0.329 e. The van der Waals surface area contributed by atoms with Crippen molar-refractivity contribution in [1.82, 2.24) is 4.72 Å². The number of hydrogen-bond donors (Lipinski definition) is 2. The van der Waals surface area contributed by atoms with Gasteiger partial charge in [0.05, 0.1) is 16.7 Å². The Morgan fingerprint density at radius 1 is 1.50 bits per heavy atom. The lowest BCUT2D eigenvalue weighted by Gasteiger charge is -2.17. The number of sulfonamides is 1. The molecular weight excluding hydrogens is 298 g/mol. The van der Waals surface area contributed by atoms with E-state index in [4.69, 9.17) is 22.6 Å². The van der Waals surface area contributed by atoms with Crippen LogP contribution in [0.25, 0.3) is 0 Å². The second-order valence-electron chi connectivity index (χ2n) is 4.45. The molecular formula is C13H18ClN3O2S. The van der Waals surface area contributed by atoms with Gasteiger partial charge in [0.2, 0.25) is 10.0 Å². The molecule has 0 spiro atoms. The summed E-state index contributed by atoms with van der Waals surface area (Å²) >= 11 is 5.91. The predicted molar refractivity (Wildman–Crippen MR) is 78.9 cm³/mol. The van der Waals surface area contributed by atoms with Crippen LogP contribution in [-0.4, -0.2) is 21.0 Å². The van der Waals surface area contributed by atoms with Gasteiger partial charge in [-0.15, -0.1) is 0 Å². The molecule has 5 nitrogen and oxygen atoms in total. The monoisotopic (exact) mass is 315 g/mol. The Labute approximate surface area is 124 Å². The van der Waals surface area contributed by atoms with Gasteiger partial charge in [-0.3, -0.25) is 0 Å². The first-order chi connectivity index (χ1) is 9.44. The van der Waals surface area contributed by atoms with Gasteiger partial charge in [-0.25, -0.2) is 13.1 Å². The van der Waals surface area contributed by atoms with E-state index in [0.717, 1.165) is 12.8 Å². The molecule has 0 saturated carbocycles. The minimum atomic E-state index is -3.78. The van der Waals surface area contributed by atoms with Crippen LogP contribution in [0.3, 0.4) is 0 Å². The molecule has 0 saturated heterocycles. The van der Waals surface area contributed by atoms with Crippen molar-refractivity contribution < 1.29 is 8.42 Å². The van der Waals surface area contributed by atoms with E-state index >= 15 is 0 Å². The number of nitriles is 1. The zero-order chi connectivity index (χ0) is 15.2. The smallest absolute Gasteiger partial charge is 0.242 e. The van der Waals surface area contributed by atoms with Crippen LogP contribution in [0.2, 0.25) is 5.02 Å². The molecule has 1 aromatic rings. The van der Waals surface area contributed by atoms with Crippen LogP contribution >= 0.6 is 11.6 Å². The number of hydrogen-bond acceptors (Lipinski definition) is 4. The quantitative estimate of drug-likeness (QED) is 0.804. The van der Waals surface area contributed by atoms with Crippen LogP contribution < -0.4 is 10.5 Å². The maximum absolute atomic E-state index is 12.3. The highest BCUT2D eigenvalue weighted by atomic mass is 35.5. The van der Waals surface area contributed by atoms with E-state index in [0.29, 0.717) is 6.42 Å². The van der Waals surface area contributed by atoms with E-state index in [1.165, 1.54) is 18.2 Å². The van der Waals surface area contributed by atoms with Gasteiger partial charge in [0, 0.05) is 12.6 Å². The van der Waals surface area contributed by atoms with Crippen molar-refractivity contribution in [1.29, 1.82) is 5.26 Å². The van der Waals surface area contributed by atoms with Crippen LogP contribution in [0.15, 0.2) is 23.1 Å². The number of nitrogens with two attached hydrogens (primary N) is 1. The van der Waals surface area contributed by atoms with Gasteiger partial charge in [-0.2, -0.15) is 5.26 Å². The molecule has 0 radical (unpaired) electrons. The van der Waals surface area contributed by atoms with E-state index in [9.17, 15) is 8.42 Å². The average molecular weight is 316 g/mol. The van der Waals surface area contributed by atoms with Crippen LogP contribution in [0.1, 0.15) is 31.7 Å². The number of rotatable bonds is 7. The van der Waals surface area contributed by atoms with Crippen molar-refractivity contribution in [2.75, 3.05) is 6.54 Å². The summed E-state index contributed by atoms with van der Waals surface area (Å²) in [7, 11) is -3.78. The van der Waals surface area contributed by atoms with Crippen molar-refractivity contribution in [3.8, 4) is 6.07 Å². The molecule has 7 heteroatoms.